The molecule has 1 saturated heterocycles. The van der Waals surface area contributed by atoms with Crippen LogP contribution in [-0.4, -0.2) is 46.0 Å². The first kappa shape index (κ1) is 19.6. The van der Waals surface area contributed by atoms with Gasteiger partial charge in [-0.2, -0.15) is 0 Å². The van der Waals surface area contributed by atoms with Crippen LogP contribution in [0.3, 0.4) is 0 Å². The highest BCUT2D eigenvalue weighted by Crippen LogP contribution is 2.29. The van der Waals surface area contributed by atoms with E-state index in [0.29, 0.717) is 29.0 Å². The standard InChI is InChI=1S/C22H24BN3O3/c24-13-15-2-1-3-17(10-15)16-6-8-26(9-7-16)22(27)19-5-4-18-11-20(23(28)29)14-25-21(18)12-19/h1-5,10-12,14,16,28-29H,6-9,13,24H2. The fourth-order valence-electron chi connectivity index (χ4n) is 3.99. The van der Waals surface area contributed by atoms with Gasteiger partial charge in [-0.3, -0.25) is 9.78 Å². The monoisotopic (exact) mass is 389 g/mol. The maximum atomic E-state index is 13.0. The van der Waals surface area contributed by atoms with Crippen LogP contribution < -0.4 is 11.2 Å². The van der Waals surface area contributed by atoms with E-state index in [1.807, 2.05) is 11.0 Å². The summed E-state index contributed by atoms with van der Waals surface area (Å²) in [5.74, 6) is 0.460. The number of aromatic nitrogens is 1. The van der Waals surface area contributed by atoms with E-state index in [4.69, 9.17) is 5.73 Å². The van der Waals surface area contributed by atoms with Crippen LogP contribution in [0.4, 0.5) is 0 Å². The molecular weight excluding hydrogens is 365 g/mol. The third kappa shape index (κ3) is 4.17. The van der Waals surface area contributed by atoms with Crippen LogP contribution >= 0.6 is 0 Å². The van der Waals surface area contributed by atoms with Crippen molar-refractivity contribution in [3.05, 3.63) is 71.4 Å². The van der Waals surface area contributed by atoms with Gasteiger partial charge in [0.05, 0.1) is 5.52 Å². The van der Waals surface area contributed by atoms with Crippen LogP contribution in [0.1, 0.15) is 40.2 Å². The van der Waals surface area contributed by atoms with Gasteiger partial charge in [-0.25, -0.2) is 0 Å². The van der Waals surface area contributed by atoms with Crippen LogP contribution in [0.25, 0.3) is 10.9 Å². The summed E-state index contributed by atoms with van der Waals surface area (Å²) in [6, 6.07) is 15.4. The van der Waals surface area contributed by atoms with Gasteiger partial charge in [-0.1, -0.05) is 36.4 Å². The molecule has 2 heterocycles. The zero-order valence-electron chi connectivity index (χ0n) is 16.2. The summed E-state index contributed by atoms with van der Waals surface area (Å²) in [7, 11) is -1.56. The Labute approximate surface area is 170 Å². The Morgan fingerprint density at radius 2 is 1.93 bits per heavy atom. The average molecular weight is 389 g/mol. The van der Waals surface area contributed by atoms with Crippen molar-refractivity contribution in [1.29, 1.82) is 0 Å². The minimum Gasteiger partial charge on any atom is -0.423 e. The minimum atomic E-state index is -1.56. The van der Waals surface area contributed by atoms with Gasteiger partial charge in [0.15, 0.2) is 0 Å². The molecule has 3 aromatic rings. The Balaban J connectivity index is 1.45. The second-order valence-corrected chi connectivity index (χ2v) is 7.57. The summed E-state index contributed by atoms with van der Waals surface area (Å²) in [5.41, 5.74) is 9.79. The van der Waals surface area contributed by atoms with E-state index in [0.717, 1.165) is 36.9 Å². The van der Waals surface area contributed by atoms with Crippen molar-refractivity contribution in [3.63, 3.8) is 0 Å². The smallest absolute Gasteiger partial charge is 0.423 e. The Bertz CT molecular complexity index is 1030. The zero-order chi connectivity index (χ0) is 20.4. The lowest BCUT2D eigenvalue weighted by atomic mass is 9.81. The summed E-state index contributed by atoms with van der Waals surface area (Å²) in [5, 5.41) is 19.3. The molecule has 4 N–H and O–H groups in total. The predicted molar refractivity (Wildman–Crippen MR) is 114 cm³/mol. The number of nitrogens with two attached hydrogens (primary N) is 1. The van der Waals surface area contributed by atoms with Crippen molar-refractivity contribution in [1.82, 2.24) is 9.88 Å². The highest BCUT2D eigenvalue weighted by Gasteiger charge is 2.25. The van der Waals surface area contributed by atoms with E-state index in [2.05, 4.69) is 23.2 Å². The number of likely N-dealkylation sites (tertiary alicyclic amines) is 1. The maximum Gasteiger partial charge on any atom is 0.490 e. The number of hydrogen-bond acceptors (Lipinski definition) is 5. The van der Waals surface area contributed by atoms with Gasteiger partial charge in [0.2, 0.25) is 0 Å². The Morgan fingerprint density at radius 3 is 2.66 bits per heavy atom. The summed E-state index contributed by atoms with van der Waals surface area (Å²) < 4.78 is 0. The Kier molecular flexibility index (Phi) is 5.62. The molecule has 2 aromatic carbocycles. The topological polar surface area (TPSA) is 99.7 Å². The number of amides is 1. The molecule has 1 aliphatic heterocycles. The Morgan fingerprint density at radius 1 is 1.14 bits per heavy atom. The molecule has 0 radical (unpaired) electrons. The lowest BCUT2D eigenvalue weighted by Gasteiger charge is -2.32. The van der Waals surface area contributed by atoms with E-state index in [-0.39, 0.29) is 5.91 Å². The van der Waals surface area contributed by atoms with Crippen molar-refractivity contribution in [2.24, 2.45) is 5.73 Å². The van der Waals surface area contributed by atoms with Gasteiger partial charge in [-0.15, -0.1) is 0 Å². The van der Waals surface area contributed by atoms with Crippen LogP contribution in [0, 0.1) is 0 Å². The molecule has 0 aliphatic carbocycles. The second kappa shape index (κ2) is 8.33. The molecule has 148 valence electrons. The summed E-state index contributed by atoms with van der Waals surface area (Å²) in [6.07, 6.45) is 3.29. The molecule has 29 heavy (non-hydrogen) atoms. The first-order valence-corrected chi connectivity index (χ1v) is 9.89. The molecule has 0 spiro atoms. The normalized spacial score (nSPS) is 14.9. The van der Waals surface area contributed by atoms with Gasteiger partial charge in [0.1, 0.15) is 0 Å². The van der Waals surface area contributed by atoms with Crippen LogP contribution in [0.15, 0.2) is 54.7 Å². The third-order valence-corrected chi connectivity index (χ3v) is 5.69. The van der Waals surface area contributed by atoms with E-state index in [1.54, 1.807) is 24.3 Å². The van der Waals surface area contributed by atoms with Crippen LogP contribution in [0.2, 0.25) is 0 Å². The van der Waals surface area contributed by atoms with Gasteiger partial charge < -0.3 is 20.7 Å². The van der Waals surface area contributed by atoms with Crippen molar-refractivity contribution in [3.8, 4) is 0 Å². The number of carbonyl (C=O) groups is 1. The van der Waals surface area contributed by atoms with Gasteiger partial charge >= 0.3 is 7.12 Å². The number of pyridine rings is 1. The molecule has 7 heteroatoms. The molecule has 1 fully saturated rings. The van der Waals surface area contributed by atoms with E-state index in [9.17, 15) is 14.8 Å². The number of benzene rings is 2. The van der Waals surface area contributed by atoms with Gasteiger partial charge in [0.25, 0.3) is 5.91 Å². The van der Waals surface area contributed by atoms with Crippen molar-refractivity contribution >= 4 is 29.4 Å². The summed E-state index contributed by atoms with van der Waals surface area (Å²) in [6.45, 7) is 1.98. The highest BCUT2D eigenvalue weighted by atomic mass is 16.4. The number of hydrogen-bond donors (Lipinski definition) is 3. The van der Waals surface area contributed by atoms with E-state index < -0.39 is 7.12 Å². The first-order valence-electron chi connectivity index (χ1n) is 9.89. The molecule has 1 amide bonds. The molecule has 0 unspecified atom stereocenters. The summed E-state index contributed by atoms with van der Waals surface area (Å²) >= 11 is 0. The molecule has 0 saturated carbocycles. The fraction of sp³-hybridized carbons (Fsp3) is 0.273. The minimum absolute atomic E-state index is 0.00845. The van der Waals surface area contributed by atoms with Crippen molar-refractivity contribution in [2.45, 2.75) is 25.3 Å². The van der Waals surface area contributed by atoms with E-state index >= 15 is 0 Å². The molecule has 1 aliphatic rings. The SMILES string of the molecule is NCc1cccc(C2CCN(C(=O)c3ccc4cc(B(O)O)cnc4c3)CC2)c1. The molecule has 1 aromatic heterocycles. The molecule has 6 nitrogen and oxygen atoms in total. The first-order chi connectivity index (χ1) is 14.0. The number of nitrogens with zero attached hydrogens (tertiary/aromatic N) is 2. The quantitative estimate of drug-likeness (QED) is 0.586. The molecule has 0 atom stereocenters. The molecule has 4 rings (SSSR count). The third-order valence-electron chi connectivity index (χ3n) is 5.69. The predicted octanol–water partition coefficient (Wildman–Crippen LogP) is 1.39. The lowest BCUT2D eigenvalue weighted by Crippen LogP contribution is -2.38. The van der Waals surface area contributed by atoms with E-state index in [1.165, 1.54) is 11.8 Å². The average Bonchev–Trinajstić information content (AvgIpc) is 2.78. The largest absolute Gasteiger partial charge is 0.490 e. The van der Waals surface area contributed by atoms with Crippen molar-refractivity contribution < 1.29 is 14.8 Å². The van der Waals surface area contributed by atoms with Gasteiger partial charge in [0, 0.05) is 36.9 Å². The molecular formula is C22H24BN3O3. The number of fused-ring (bicyclic) bond motifs is 1. The number of rotatable bonds is 4. The van der Waals surface area contributed by atoms with Crippen LogP contribution in [0.5, 0.6) is 0 Å². The Hall–Kier alpha value is -2.74. The number of piperidine rings is 1. The molecule has 0 bridgehead atoms. The fourth-order valence-corrected chi connectivity index (χ4v) is 3.99. The lowest BCUT2D eigenvalue weighted by molar-refractivity contribution is 0.0713. The zero-order valence-corrected chi connectivity index (χ0v) is 16.2. The highest BCUT2D eigenvalue weighted by molar-refractivity contribution is 6.58. The maximum absolute atomic E-state index is 13.0. The number of carbonyl (C=O) groups excluding carboxylic acids is 1. The van der Waals surface area contributed by atoms with Crippen molar-refractivity contribution in [2.75, 3.05) is 13.1 Å². The summed E-state index contributed by atoms with van der Waals surface area (Å²) in [4.78, 5) is 19.1. The van der Waals surface area contributed by atoms with Crippen LogP contribution in [-0.2, 0) is 6.54 Å². The second-order valence-electron chi connectivity index (χ2n) is 7.57. The van der Waals surface area contributed by atoms with Gasteiger partial charge in [-0.05, 0) is 47.4 Å².